The van der Waals surface area contributed by atoms with Crippen LogP contribution >= 0.6 is 0 Å². The van der Waals surface area contributed by atoms with Gasteiger partial charge in [0.15, 0.2) is 0 Å². The van der Waals surface area contributed by atoms with Crippen molar-refractivity contribution in [3.63, 3.8) is 0 Å². The second-order valence-corrected chi connectivity index (χ2v) is 9.83. The molecule has 0 atom stereocenters. The van der Waals surface area contributed by atoms with E-state index in [1.807, 2.05) is 31.4 Å². The van der Waals surface area contributed by atoms with Crippen LogP contribution in [0.1, 0.15) is 5.56 Å². The molecule has 138 valence electrons. The zero-order valence-electron chi connectivity index (χ0n) is 15.6. The van der Waals surface area contributed by atoms with Gasteiger partial charge in [0.2, 0.25) is 0 Å². The molecule has 0 unspecified atom stereocenters. The SMILES string of the molecule is Cn1cc(/C=N/O[Si](c2ccccc2)(c2ccccc2)c2ccccc2)cn1. The Labute approximate surface area is 165 Å². The molecule has 3 aromatic carbocycles. The van der Waals surface area contributed by atoms with Gasteiger partial charge in [0, 0.05) is 18.8 Å². The highest BCUT2D eigenvalue weighted by atomic mass is 28.4. The Kier molecular flexibility index (Phi) is 5.17. The van der Waals surface area contributed by atoms with Crippen LogP contribution < -0.4 is 15.6 Å². The molecule has 0 radical (unpaired) electrons. The van der Waals surface area contributed by atoms with Crippen molar-refractivity contribution in [1.82, 2.24) is 9.78 Å². The first-order chi connectivity index (χ1) is 13.8. The lowest BCUT2D eigenvalue weighted by Crippen LogP contribution is -2.68. The van der Waals surface area contributed by atoms with E-state index in [2.05, 4.69) is 83.1 Å². The highest BCUT2D eigenvalue weighted by molar-refractivity contribution is 7.07. The highest BCUT2D eigenvalue weighted by Crippen LogP contribution is 2.10. The van der Waals surface area contributed by atoms with Crippen molar-refractivity contribution < 1.29 is 4.53 Å². The third kappa shape index (κ3) is 3.52. The summed E-state index contributed by atoms with van der Waals surface area (Å²) >= 11 is 0. The van der Waals surface area contributed by atoms with Gasteiger partial charge in [-0.2, -0.15) is 5.10 Å². The molecule has 28 heavy (non-hydrogen) atoms. The molecular weight excluding hydrogens is 362 g/mol. The summed E-state index contributed by atoms with van der Waals surface area (Å²) in [6.07, 6.45) is 5.40. The van der Waals surface area contributed by atoms with Crippen molar-refractivity contribution >= 4 is 30.1 Å². The number of hydrogen-bond acceptors (Lipinski definition) is 3. The van der Waals surface area contributed by atoms with E-state index in [0.29, 0.717) is 0 Å². The lowest BCUT2D eigenvalue weighted by Gasteiger charge is -2.29. The molecule has 4 rings (SSSR count). The maximum absolute atomic E-state index is 6.47. The van der Waals surface area contributed by atoms with E-state index in [4.69, 9.17) is 4.53 Å². The van der Waals surface area contributed by atoms with Crippen LogP contribution in [0.2, 0.25) is 0 Å². The van der Waals surface area contributed by atoms with Crippen LogP contribution in [0, 0.1) is 0 Å². The maximum atomic E-state index is 6.47. The van der Waals surface area contributed by atoms with Crippen molar-refractivity contribution in [2.75, 3.05) is 0 Å². The Morgan fingerprint density at radius 1 is 0.786 bits per heavy atom. The average Bonchev–Trinajstić information content (AvgIpc) is 3.18. The second-order valence-electron chi connectivity index (χ2n) is 6.55. The molecule has 0 saturated carbocycles. The summed E-state index contributed by atoms with van der Waals surface area (Å²) in [7, 11) is -0.912. The summed E-state index contributed by atoms with van der Waals surface area (Å²) in [6, 6.07) is 31.2. The van der Waals surface area contributed by atoms with Gasteiger partial charge in [-0.3, -0.25) is 4.68 Å². The lowest BCUT2D eigenvalue weighted by atomic mass is 10.3. The van der Waals surface area contributed by atoms with Gasteiger partial charge < -0.3 is 4.53 Å². The predicted molar refractivity (Wildman–Crippen MR) is 116 cm³/mol. The molecule has 4 nitrogen and oxygen atoms in total. The Morgan fingerprint density at radius 2 is 1.25 bits per heavy atom. The molecule has 0 aliphatic carbocycles. The minimum Gasteiger partial charge on any atom is -0.438 e. The summed E-state index contributed by atoms with van der Waals surface area (Å²) < 4.78 is 8.22. The van der Waals surface area contributed by atoms with E-state index in [1.54, 1.807) is 17.1 Å². The second kappa shape index (κ2) is 8.06. The van der Waals surface area contributed by atoms with E-state index < -0.39 is 8.32 Å². The third-order valence-corrected chi connectivity index (χ3v) is 8.48. The number of aryl methyl sites for hydroxylation is 1. The van der Waals surface area contributed by atoms with Crippen LogP contribution in [0.5, 0.6) is 0 Å². The maximum Gasteiger partial charge on any atom is 0.380 e. The van der Waals surface area contributed by atoms with Crippen LogP contribution in [-0.4, -0.2) is 24.3 Å². The molecule has 0 aliphatic heterocycles. The van der Waals surface area contributed by atoms with Crippen molar-refractivity contribution in [2.45, 2.75) is 0 Å². The standard InChI is InChI=1S/C23H21N3OSi/c1-26-19-20(17-24-26)18-25-27-28(21-11-5-2-6-12-21,22-13-7-3-8-14-22)23-15-9-4-10-16-23/h2-19H,1H3/b25-18+. The van der Waals surface area contributed by atoms with E-state index in [1.165, 1.54) is 0 Å². The fourth-order valence-electron chi connectivity index (χ4n) is 3.35. The van der Waals surface area contributed by atoms with Crippen molar-refractivity contribution in [2.24, 2.45) is 12.2 Å². The fourth-order valence-corrected chi connectivity index (χ4v) is 6.86. The minimum absolute atomic E-state index is 0.902. The van der Waals surface area contributed by atoms with Crippen LogP contribution in [0.4, 0.5) is 0 Å². The molecular formula is C23H21N3OSi. The number of rotatable bonds is 6. The first-order valence-electron chi connectivity index (χ1n) is 9.16. The van der Waals surface area contributed by atoms with Crippen LogP contribution in [0.3, 0.4) is 0 Å². The Balaban J connectivity index is 1.86. The topological polar surface area (TPSA) is 39.4 Å². The van der Waals surface area contributed by atoms with Gasteiger partial charge in [-0.15, -0.1) is 5.16 Å². The molecule has 0 fully saturated rings. The third-order valence-electron chi connectivity index (χ3n) is 4.66. The first kappa shape index (κ1) is 17.9. The average molecular weight is 384 g/mol. The molecule has 4 aromatic rings. The minimum atomic E-state index is -2.80. The van der Waals surface area contributed by atoms with Gasteiger partial charge in [0.1, 0.15) is 0 Å². The summed E-state index contributed by atoms with van der Waals surface area (Å²) in [5, 5.41) is 12.1. The smallest absolute Gasteiger partial charge is 0.380 e. The van der Waals surface area contributed by atoms with Gasteiger partial charge >= 0.3 is 8.32 Å². The molecule has 0 amide bonds. The van der Waals surface area contributed by atoms with E-state index in [-0.39, 0.29) is 0 Å². The van der Waals surface area contributed by atoms with Gasteiger partial charge in [-0.25, -0.2) is 0 Å². The predicted octanol–water partition coefficient (Wildman–Crippen LogP) is 2.44. The van der Waals surface area contributed by atoms with E-state index >= 15 is 0 Å². The number of hydrogen-bond donors (Lipinski definition) is 0. The monoisotopic (exact) mass is 383 g/mol. The van der Waals surface area contributed by atoms with Gasteiger partial charge in [0.05, 0.1) is 12.4 Å². The molecule has 5 heteroatoms. The van der Waals surface area contributed by atoms with Crippen LogP contribution in [0.15, 0.2) is 109 Å². The number of benzene rings is 3. The van der Waals surface area contributed by atoms with E-state index in [9.17, 15) is 0 Å². The molecule has 1 heterocycles. The summed E-state index contributed by atoms with van der Waals surface area (Å²) in [6.45, 7) is 0. The summed E-state index contributed by atoms with van der Waals surface area (Å²) in [4.78, 5) is 0. The molecule has 1 aromatic heterocycles. The molecule has 0 N–H and O–H groups in total. The molecule has 0 aliphatic rings. The van der Waals surface area contributed by atoms with E-state index in [0.717, 1.165) is 21.1 Å². The van der Waals surface area contributed by atoms with Crippen LogP contribution in [-0.2, 0) is 11.6 Å². The van der Waals surface area contributed by atoms with Gasteiger partial charge in [-0.05, 0) is 15.6 Å². The lowest BCUT2D eigenvalue weighted by molar-refractivity contribution is 0.351. The molecule has 0 bridgehead atoms. The van der Waals surface area contributed by atoms with Crippen molar-refractivity contribution in [3.8, 4) is 0 Å². The normalized spacial score (nSPS) is 11.6. The largest absolute Gasteiger partial charge is 0.438 e. The zero-order valence-corrected chi connectivity index (χ0v) is 16.6. The summed E-state index contributed by atoms with van der Waals surface area (Å²) in [5.41, 5.74) is 0.902. The number of aromatic nitrogens is 2. The van der Waals surface area contributed by atoms with Gasteiger partial charge in [0.25, 0.3) is 0 Å². The first-order valence-corrected chi connectivity index (χ1v) is 11.1. The Hall–Kier alpha value is -3.44. The Bertz CT molecular complexity index is 950. The van der Waals surface area contributed by atoms with Crippen molar-refractivity contribution in [3.05, 3.63) is 109 Å². The highest BCUT2D eigenvalue weighted by Gasteiger charge is 2.44. The molecule has 0 saturated heterocycles. The number of oxime groups is 1. The Morgan fingerprint density at radius 3 is 1.64 bits per heavy atom. The van der Waals surface area contributed by atoms with Crippen LogP contribution in [0.25, 0.3) is 0 Å². The van der Waals surface area contributed by atoms with Gasteiger partial charge in [-0.1, -0.05) is 91.0 Å². The zero-order chi connectivity index (χ0) is 19.2. The van der Waals surface area contributed by atoms with Crippen molar-refractivity contribution in [1.29, 1.82) is 0 Å². The summed E-state index contributed by atoms with van der Waals surface area (Å²) in [5.74, 6) is 0. The fraction of sp³-hybridized carbons (Fsp3) is 0.0435. The molecule has 0 spiro atoms. The number of nitrogens with zero attached hydrogens (tertiary/aromatic N) is 3. The quantitative estimate of drug-likeness (QED) is 0.222.